The van der Waals surface area contributed by atoms with Crippen LogP contribution in [-0.2, 0) is 10.0 Å². The Labute approximate surface area is 141 Å². The van der Waals surface area contributed by atoms with Crippen LogP contribution in [0.1, 0.15) is 17.5 Å². The van der Waals surface area contributed by atoms with Crippen LogP contribution in [-0.4, -0.2) is 41.9 Å². The molecule has 1 aliphatic heterocycles. The molecule has 0 amide bonds. The van der Waals surface area contributed by atoms with E-state index in [0.717, 1.165) is 11.1 Å². The van der Waals surface area contributed by atoms with Gasteiger partial charge in [-0.1, -0.05) is 29.8 Å². The van der Waals surface area contributed by atoms with Gasteiger partial charge in [0.15, 0.2) is 0 Å². The average molecular weight is 345 g/mol. The van der Waals surface area contributed by atoms with Crippen molar-refractivity contribution in [2.45, 2.75) is 19.4 Å². The highest BCUT2D eigenvalue weighted by molar-refractivity contribution is 7.92. The van der Waals surface area contributed by atoms with Crippen LogP contribution < -0.4 is 4.74 Å². The molecule has 6 nitrogen and oxygen atoms in total. The second kappa shape index (κ2) is 7.11. The maximum atomic E-state index is 12.4. The second-order valence-electron chi connectivity index (χ2n) is 5.68. The van der Waals surface area contributed by atoms with Gasteiger partial charge in [0.05, 0.1) is 6.54 Å². The molecule has 0 unspecified atom stereocenters. The van der Waals surface area contributed by atoms with E-state index < -0.39 is 10.0 Å². The number of hydrogen-bond donors (Lipinski definition) is 0. The molecule has 2 aromatic rings. The molecule has 0 spiro atoms. The number of ether oxygens (including phenoxy) is 1. The van der Waals surface area contributed by atoms with Crippen LogP contribution >= 0.6 is 0 Å². The Morgan fingerprint density at radius 1 is 1.21 bits per heavy atom. The van der Waals surface area contributed by atoms with Crippen molar-refractivity contribution in [3.8, 4) is 6.01 Å². The van der Waals surface area contributed by atoms with Crippen LogP contribution in [0.4, 0.5) is 0 Å². The van der Waals surface area contributed by atoms with Gasteiger partial charge in [-0.3, -0.25) is 0 Å². The first kappa shape index (κ1) is 16.6. The Morgan fingerprint density at radius 2 is 1.92 bits per heavy atom. The summed E-state index contributed by atoms with van der Waals surface area (Å²) in [6.07, 6.45) is 5.20. The monoisotopic (exact) mass is 345 g/mol. The summed E-state index contributed by atoms with van der Waals surface area (Å²) in [6, 6.07) is 9.66. The van der Waals surface area contributed by atoms with Crippen LogP contribution in [0.2, 0.25) is 0 Å². The van der Waals surface area contributed by atoms with Crippen LogP contribution in [0.5, 0.6) is 6.01 Å². The third-order valence-electron chi connectivity index (χ3n) is 3.79. The zero-order valence-electron chi connectivity index (χ0n) is 13.4. The fourth-order valence-electron chi connectivity index (χ4n) is 2.45. The summed E-state index contributed by atoms with van der Waals surface area (Å²) < 4.78 is 31.9. The number of nitrogens with zero attached hydrogens (tertiary/aromatic N) is 3. The van der Waals surface area contributed by atoms with E-state index in [1.807, 2.05) is 31.2 Å². The fraction of sp³-hybridized carbons (Fsp3) is 0.294. The molecule has 1 fully saturated rings. The Hall–Kier alpha value is -2.25. The first-order chi connectivity index (χ1) is 11.5. The maximum absolute atomic E-state index is 12.4. The predicted molar refractivity (Wildman–Crippen MR) is 91.8 cm³/mol. The van der Waals surface area contributed by atoms with Crippen molar-refractivity contribution in [2.75, 3.05) is 13.1 Å². The Morgan fingerprint density at radius 3 is 2.62 bits per heavy atom. The minimum Gasteiger partial charge on any atom is -0.459 e. The third-order valence-corrected chi connectivity index (χ3v) is 5.32. The normalized spacial score (nSPS) is 19.0. The number of rotatable bonds is 5. The zero-order valence-corrected chi connectivity index (χ0v) is 14.2. The van der Waals surface area contributed by atoms with Gasteiger partial charge < -0.3 is 4.74 Å². The van der Waals surface area contributed by atoms with E-state index in [1.54, 1.807) is 24.5 Å². The van der Waals surface area contributed by atoms with Crippen molar-refractivity contribution in [1.82, 2.24) is 14.3 Å². The number of aryl methyl sites for hydroxylation is 1. The van der Waals surface area contributed by atoms with Crippen molar-refractivity contribution in [1.29, 1.82) is 0 Å². The van der Waals surface area contributed by atoms with E-state index in [9.17, 15) is 8.42 Å². The Bertz CT molecular complexity index is 805. The highest BCUT2D eigenvalue weighted by Crippen LogP contribution is 2.19. The largest absolute Gasteiger partial charge is 0.459 e. The molecule has 1 atom stereocenters. The summed E-state index contributed by atoms with van der Waals surface area (Å²) in [5.74, 6) is 0. The average Bonchev–Trinajstić information content (AvgIpc) is 3.05. The van der Waals surface area contributed by atoms with Crippen molar-refractivity contribution < 1.29 is 13.2 Å². The lowest BCUT2D eigenvalue weighted by atomic mass is 10.2. The van der Waals surface area contributed by atoms with Gasteiger partial charge in [-0.25, -0.2) is 18.4 Å². The van der Waals surface area contributed by atoms with Crippen molar-refractivity contribution in [3.05, 3.63) is 59.3 Å². The van der Waals surface area contributed by atoms with Gasteiger partial charge in [0, 0.05) is 24.3 Å². The Balaban J connectivity index is 1.62. The van der Waals surface area contributed by atoms with E-state index in [1.165, 1.54) is 9.71 Å². The SMILES string of the molecule is Cc1ccc(/C=C/S(=O)(=O)N2CC[C@@H](Oc3ncccn3)C2)cc1. The molecule has 1 aromatic heterocycles. The van der Waals surface area contributed by atoms with E-state index >= 15 is 0 Å². The summed E-state index contributed by atoms with van der Waals surface area (Å²) in [7, 11) is -3.46. The van der Waals surface area contributed by atoms with Crippen LogP contribution in [0.25, 0.3) is 6.08 Å². The molecule has 1 saturated heterocycles. The Kier molecular flexibility index (Phi) is 4.92. The zero-order chi connectivity index (χ0) is 17.0. The van der Waals surface area contributed by atoms with Gasteiger partial charge in [0.1, 0.15) is 6.10 Å². The van der Waals surface area contributed by atoms with E-state index in [0.29, 0.717) is 19.5 Å². The van der Waals surface area contributed by atoms with Gasteiger partial charge in [0.25, 0.3) is 0 Å². The molecule has 1 aromatic carbocycles. The minimum absolute atomic E-state index is 0.227. The number of sulfonamides is 1. The van der Waals surface area contributed by atoms with Gasteiger partial charge in [-0.15, -0.1) is 0 Å². The second-order valence-corrected chi connectivity index (χ2v) is 7.49. The lowest BCUT2D eigenvalue weighted by Gasteiger charge is -2.14. The fourth-order valence-corrected chi connectivity index (χ4v) is 3.68. The minimum atomic E-state index is -3.46. The molecule has 7 heteroatoms. The quantitative estimate of drug-likeness (QED) is 0.831. The maximum Gasteiger partial charge on any atom is 0.316 e. The van der Waals surface area contributed by atoms with Crippen LogP contribution in [0.3, 0.4) is 0 Å². The lowest BCUT2D eigenvalue weighted by molar-refractivity contribution is 0.198. The van der Waals surface area contributed by atoms with Gasteiger partial charge in [-0.2, -0.15) is 4.31 Å². The van der Waals surface area contributed by atoms with Gasteiger partial charge >= 0.3 is 6.01 Å². The molecule has 1 aliphatic rings. The molecule has 0 bridgehead atoms. The van der Waals surface area contributed by atoms with Gasteiger partial charge in [-0.05, 0) is 31.1 Å². The molecule has 0 radical (unpaired) electrons. The highest BCUT2D eigenvalue weighted by Gasteiger charge is 2.31. The van der Waals surface area contributed by atoms with Crippen LogP contribution in [0, 0.1) is 6.92 Å². The highest BCUT2D eigenvalue weighted by atomic mass is 32.2. The smallest absolute Gasteiger partial charge is 0.316 e. The van der Waals surface area contributed by atoms with E-state index in [2.05, 4.69) is 9.97 Å². The summed E-state index contributed by atoms with van der Waals surface area (Å²) in [5, 5.41) is 1.25. The first-order valence-electron chi connectivity index (χ1n) is 7.71. The van der Waals surface area contributed by atoms with Crippen molar-refractivity contribution in [2.24, 2.45) is 0 Å². The van der Waals surface area contributed by atoms with Crippen molar-refractivity contribution >= 4 is 16.1 Å². The topological polar surface area (TPSA) is 72.4 Å². The van der Waals surface area contributed by atoms with Crippen LogP contribution in [0.15, 0.2) is 48.1 Å². The molecule has 3 rings (SSSR count). The molecule has 126 valence electrons. The summed E-state index contributed by atoms with van der Waals surface area (Å²) in [5.41, 5.74) is 1.99. The molecular weight excluding hydrogens is 326 g/mol. The molecular formula is C17H19N3O3S. The van der Waals surface area contributed by atoms with Crippen molar-refractivity contribution in [3.63, 3.8) is 0 Å². The molecule has 24 heavy (non-hydrogen) atoms. The molecule has 0 saturated carbocycles. The summed E-state index contributed by atoms with van der Waals surface area (Å²) in [6.45, 7) is 2.72. The van der Waals surface area contributed by atoms with E-state index in [4.69, 9.17) is 4.74 Å². The molecule has 2 heterocycles. The third kappa shape index (κ3) is 4.18. The summed E-state index contributed by atoms with van der Waals surface area (Å²) in [4.78, 5) is 7.99. The molecule has 0 aliphatic carbocycles. The van der Waals surface area contributed by atoms with E-state index in [-0.39, 0.29) is 12.1 Å². The number of aromatic nitrogens is 2. The lowest BCUT2D eigenvalue weighted by Crippen LogP contribution is -2.29. The summed E-state index contributed by atoms with van der Waals surface area (Å²) >= 11 is 0. The molecule has 0 N–H and O–H groups in total. The number of benzene rings is 1. The number of hydrogen-bond acceptors (Lipinski definition) is 5. The van der Waals surface area contributed by atoms with Gasteiger partial charge in [0.2, 0.25) is 10.0 Å². The first-order valence-corrected chi connectivity index (χ1v) is 9.22. The predicted octanol–water partition coefficient (Wildman–Crippen LogP) is 2.24. The standard InChI is InChI=1S/C17H19N3O3S/c1-14-3-5-15(6-4-14)8-12-24(21,22)20-11-7-16(13-20)23-17-18-9-2-10-19-17/h2-6,8-10,12,16H,7,11,13H2,1H3/b12-8+/t16-/m1/s1.